The number of carbonyl (C=O) groups excluding carboxylic acids is 1. The minimum Gasteiger partial charge on any atom is -0.392 e. The summed E-state index contributed by atoms with van der Waals surface area (Å²) in [6.07, 6.45) is 12.8. The molecule has 0 saturated carbocycles. The number of aromatic nitrogens is 8. The van der Waals surface area contributed by atoms with Crippen molar-refractivity contribution < 1.29 is 23.8 Å². The third-order valence-corrected chi connectivity index (χ3v) is 11.5. The number of anilines is 4. The molecular formula is C52H47F2N11O3. The van der Waals surface area contributed by atoms with Crippen molar-refractivity contribution in [3.8, 4) is 33.9 Å². The molecule has 6 N–H and O–H groups in total. The zero-order valence-corrected chi connectivity index (χ0v) is 37.2. The van der Waals surface area contributed by atoms with Crippen LogP contribution in [0.5, 0.6) is 0 Å². The van der Waals surface area contributed by atoms with Crippen molar-refractivity contribution in [3.63, 3.8) is 0 Å². The van der Waals surface area contributed by atoms with E-state index in [2.05, 4.69) is 20.6 Å². The number of hydrogen-bond acceptors (Lipinski definition) is 10. The third-order valence-electron chi connectivity index (χ3n) is 11.5. The number of aliphatic hydroxyl groups excluding tert-OH is 2. The molecule has 0 radical (unpaired) electrons. The first-order chi connectivity index (χ1) is 33.1. The van der Waals surface area contributed by atoms with Crippen LogP contribution in [0.15, 0.2) is 147 Å². The molecule has 0 aliphatic heterocycles. The fourth-order valence-corrected chi connectivity index (χ4v) is 8.24. The van der Waals surface area contributed by atoms with E-state index in [1.807, 2.05) is 117 Å². The van der Waals surface area contributed by atoms with Crippen LogP contribution in [0.4, 0.5) is 31.5 Å². The lowest BCUT2D eigenvalue weighted by Gasteiger charge is -2.13. The average Bonchev–Trinajstić information content (AvgIpc) is 4.17. The quantitative estimate of drug-likeness (QED) is 0.0661. The lowest BCUT2D eigenvalue weighted by molar-refractivity contribution is -0.107. The SMILES string of the molecule is Cc1cn(-c2ccc(Nc3cccn4c(CCC=O)c(-c5ccc(F)cc5)nc34)cc2CO)cn1.Cc1cn(-c2ccc(Nc3cccn4c(CN)c(-c5ccc(F)cc5)nc34)cc2CO)cn1. The van der Waals surface area contributed by atoms with E-state index < -0.39 is 0 Å². The van der Waals surface area contributed by atoms with Gasteiger partial charge in [0.25, 0.3) is 0 Å². The molecule has 0 aliphatic carbocycles. The lowest BCUT2D eigenvalue weighted by Crippen LogP contribution is -2.03. The van der Waals surface area contributed by atoms with Crippen molar-refractivity contribution in [1.29, 1.82) is 0 Å². The van der Waals surface area contributed by atoms with Crippen LogP contribution in [-0.4, -0.2) is 54.4 Å². The molecule has 0 amide bonds. The predicted molar refractivity (Wildman–Crippen MR) is 258 cm³/mol. The highest BCUT2D eigenvalue weighted by atomic mass is 19.1. The number of benzene rings is 4. The third kappa shape index (κ3) is 9.23. The Labute approximate surface area is 389 Å². The first-order valence-corrected chi connectivity index (χ1v) is 21.8. The van der Waals surface area contributed by atoms with Gasteiger partial charge in [-0.25, -0.2) is 28.7 Å². The van der Waals surface area contributed by atoms with Crippen molar-refractivity contribution in [2.24, 2.45) is 5.73 Å². The van der Waals surface area contributed by atoms with E-state index in [1.165, 1.54) is 24.3 Å². The average molecular weight is 912 g/mol. The van der Waals surface area contributed by atoms with Gasteiger partial charge in [-0.2, -0.15) is 0 Å². The standard InChI is InChI=1S/C27H24FN5O2.C25H23FN6O/c1-18-15-32(17-29-18)24-11-10-22(14-20(24)16-35)30-23-4-2-12-33-25(5-3-13-34)26(31-27(23)33)19-6-8-21(28)9-7-19;1-16-13-31(15-28-16)22-9-8-20(11-18(22)14-33)29-21-3-2-10-32-23(12-27)24(30-25(21)32)17-4-6-19(26)7-5-17/h2,4,6-15,17,30,35H,3,5,16H2,1H3;2-11,13,15,29,33H,12,14,27H2,1H3. The maximum absolute atomic E-state index is 13.5. The summed E-state index contributed by atoms with van der Waals surface area (Å²) in [4.78, 5) is 29.3. The summed E-state index contributed by atoms with van der Waals surface area (Å²) >= 11 is 0. The summed E-state index contributed by atoms with van der Waals surface area (Å²) in [6.45, 7) is 3.89. The van der Waals surface area contributed by atoms with E-state index in [0.717, 1.165) is 85.4 Å². The van der Waals surface area contributed by atoms with E-state index in [9.17, 15) is 23.8 Å². The Morgan fingerprint density at radius 3 is 1.50 bits per heavy atom. The van der Waals surface area contributed by atoms with Crippen LogP contribution in [0.25, 0.3) is 45.2 Å². The van der Waals surface area contributed by atoms with Gasteiger partial charge in [0.1, 0.15) is 17.9 Å². The summed E-state index contributed by atoms with van der Waals surface area (Å²) in [5.41, 5.74) is 20.4. The summed E-state index contributed by atoms with van der Waals surface area (Å²) in [5, 5.41) is 26.8. The van der Waals surface area contributed by atoms with Crippen molar-refractivity contribution >= 4 is 40.3 Å². The molecule has 16 heteroatoms. The van der Waals surface area contributed by atoms with Gasteiger partial charge in [-0.05, 0) is 129 Å². The number of nitrogens with one attached hydrogen (secondary N) is 2. The largest absolute Gasteiger partial charge is 0.392 e. The van der Waals surface area contributed by atoms with Gasteiger partial charge in [-0.1, -0.05) is 0 Å². The van der Waals surface area contributed by atoms with Crippen molar-refractivity contribution in [2.45, 2.75) is 46.4 Å². The minimum absolute atomic E-state index is 0.109. The van der Waals surface area contributed by atoms with Crippen molar-refractivity contribution in [2.75, 3.05) is 10.6 Å². The highest BCUT2D eigenvalue weighted by Crippen LogP contribution is 2.33. The molecule has 0 atom stereocenters. The van der Waals surface area contributed by atoms with Gasteiger partial charge in [-0.3, -0.25) is 0 Å². The number of aldehydes is 1. The molecule has 10 aromatic rings. The molecule has 10 rings (SSSR count). The number of nitrogens with two attached hydrogens (primary N) is 1. The van der Waals surface area contributed by atoms with E-state index in [-0.39, 0.29) is 31.4 Å². The van der Waals surface area contributed by atoms with E-state index in [1.54, 1.807) is 36.9 Å². The van der Waals surface area contributed by atoms with Crippen LogP contribution in [0, 0.1) is 25.5 Å². The van der Waals surface area contributed by atoms with Gasteiger partial charge in [0.15, 0.2) is 11.3 Å². The topological polar surface area (TPSA) is 178 Å². The highest BCUT2D eigenvalue weighted by Gasteiger charge is 2.19. The first-order valence-electron chi connectivity index (χ1n) is 21.8. The fraction of sp³-hybridized carbons (Fsp3) is 0.135. The molecule has 14 nitrogen and oxygen atoms in total. The lowest BCUT2D eigenvalue weighted by atomic mass is 10.1. The molecule has 68 heavy (non-hydrogen) atoms. The molecule has 0 spiro atoms. The number of nitrogens with zero attached hydrogens (tertiary/aromatic N) is 8. The van der Waals surface area contributed by atoms with Gasteiger partial charge in [0, 0.05) is 71.4 Å². The van der Waals surface area contributed by atoms with Gasteiger partial charge in [0.05, 0.1) is 82.8 Å². The van der Waals surface area contributed by atoms with Crippen LogP contribution in [0.3, 0.4) is 0 Å². The van der Waals surface area contributed by atoms with Crippen LogP contribution >= 0.6 is 0 Å². The smallest absolute Gasteiger partial charge is 0.161 e. The number of halogens is 2. The second kappa shape index (κ2) is 19.7. The summed E-state index contributed by atoms with van der Waals surface area (Å²) < 4.78 is 34.6. The van der Waals surface area contributed by atoms with Crippen molar-refractivity contribution in [1.82, 2.24) is 37.9 Å². The Hall–Kier alpha value is -8.31. The Morgan fingerprint density at radius 1 is 0.632 bits per heavy atom. The molecule has 6 heterocycles. The zero-order valence-electron chi connectivity index (χ0n) is 37.2. The van der Waals surface area contributed by atoms with Gasteiger partial charge >= 0.3 is 0 Å². The van der Waals surface area contributed by atoms with Crippen LogP contribution in [-0.2, 0) is 31.0 Å². The Balaban J connectivity index is 0.000000170. The maximum Gasteiger partial charge on any atom is 0.161 e. The molecule has 0 saturated heterocycles. The van der Waals surface area contributed by atoms with E-state index in [4.69, 9.17) is 15.7 Å². The minimum atomic E-state index is -0.316. The number of aliphatic hydroxyl groups is 2. The summed E-state index contributed by atoms with van der Waals surface area (Å²) in [5.74, 6) is -0.614. The Bertz CT molecular complexity index is 3390. The van der Waals surface area contributed by atoms with Crippen molar-refractivity contribution in [3.05, 3.63) is 192 Å². The maximum atomic E-state index is 13.5. The van der Waals surface area contributed by atoms with E-state index in [0.29, 0.717) is 35.5 Å². The molecule has 0 fully saturated rings. The first kappa shape index (κ1) is 44.9. The van der Waals surface area contributed by atoms with Crippen LogP contribution < -0.4 is 16.4 Å². The zero-order chi connectivity index (χ0) is 47.3. The van der Waals surface area contributed by atoms with Crippen LogP contribution in [0.2, 0.25) is 0 Å². The molecule has 4 aromatic carbocycles. The van der Waals surface area contributed by atoms with Crippen LogP contribution in [0.1, 0.15) is 40.3 Å². The monoisotopic (exact) mass is 911 g/mol. The van der Waals surface area contributed by atoms with Gasteiger partial charge in [-0.15, -0.1) is 0 Å². The molecular weight excluding hydrogens is 865 g/mol. The second-order valence-electron chi connectivity index (χ2n) is 16.1. The van der Waals surface area contributed by atoms with E-state index >= 15 is 0 Å². The molecule has 0 aliphatic rings. The number of imidazole rings is 4. The normalized spacial score (nSPS) is 11.2. The number of hydrogen-bond donors (Lipinski definition) is 5. The molecule has 0 bridgehead atoms. The fourth-order valence-electron chi connectivity index (χ4n) is 8.24. The summed E-state index contributed by atoms with van der Waals surface area (Å²) in [6, 6.07) is 31.7. The Morgan fingerprint density at radius 2 is 1.09 bits per heavy atom. The Kier molecular flexibility index (Phi) is 13.0. The molecule has 342 valence electrons. The highest BCUT2D eigenvalue weighted by molar-refractivity contribution is 5.80. The number of fused-ring (bicyclic) bond motifs is 2. The second-order valence-corrected chi connectivity index (χ2v) is 16.1. The van der Waals surface area contributed by atoms with Gasteiger partial charge < -0.3 is 49.3 Å². The van der Waals surface area contributed by atoms with Gasteiger partial charge in [0.2, 0.25) is 0 Å². The molecule has 0 unspecified atom stereocenters. The number of rotatable bonds is 14. The number of aryl methyl sites for hydroxylation is 3. The number of pyridine rings is 2. The number of carbonyl (C=O) groups is 1. The molecule has 6 aromatic heterocycles. The summed E-state index contributed by atoms with van der Waals surface area (Å²) in [7, 11) is 0. The predicted octanol–water partition coefficient (Wildman–Crippen LogP) is 9.33.